The van der Waals surface area contributed by atoms with Crippen LogP contribution in [-0.4, -0.2) is 10.8 Å². The van der Waals surface area contributed by atoms with Gasteiger partial charge in [0.15, 0.2) is 5.78 Å². The Morgan fingerprint density at radius 2 is 2.25 bits per heavy atom. The third-order valence-corrected chi connectivity index (χ3v) is 2.97. The van der Waals surface area contributed by atoms with E-state index in [1.807, 2.05) is 13.8 Å². The number of hydrogen-bond acceptors (Lipinski definition) is 1. The van der Waals surface area contributed by atoms with Crippen LogP contribution in [0.2, 0.25) is 0 Å². The van der Waals surface area contributed by atoms with Crippen LogP contribution in [0.5, 0.6) is 0 Å². The maximum Gasteiger partial charge on any atom is 0.167 e. The van der Waals surface area contributed by atoms with Gasteiger partial charge in [-0.15, -0.1) is 0 Å². The molecule has 84 valence electrons. The van der Waals surface area contributed by atoms with Crippen LogP contribution in [0.3, 0.4) is 0 Å². The van der Waals surface area contributed by atoms with Crippen molar-refractivity contribution in [3.63, 3.8) is 0 Å². The largest absolute Gasteiger partial charge is 0.360 e. The summed E-state index contributed by atoms with van der Waals surface area (Å²) in [5.41, 5.74) is 1.39. The summed E-state index contributed by atoms with van der Waals surface area (Å²) >= 11 is 0. The van der Waals surface area contributed by atoms with Crippen molar-refractivity contribution >= 4 is 16.7 Å². The van der Waals surface area contributed by atoms with Crippen molar-refractivity contribution in [2.24, 2.45) is 5.92 Å². The van der Waals surface area contributed by atoms with E-state index in [1.165, 1.54) is 12.1 Å². The minimum Gasteiger partial charge on any atom is -0.360 e. The van der Waals surface area contributed by atoms with E-state index in [0.29, 0.717) is 10.9 Å². The molecule has 2 aromatic rings. The molecule has 0 aliphatic heterocycles. The summed E-state index contributed by atoms with van der Waals surface area (Å²) in [6.07, 6.45) is 2.46. The second kappa shape index (κ2) is 4.08. The van der Waals surface area contributed by atoms with Gasteiger partial charge in [-0.3, -0.25) is 4.79 Å². The third kappa shape index (κ3) is 1.73. The molecule has 16 heavy (non-hydrogen) atoms. The van der Waals surface area contributed by atoms with Crippen molar-refractivity contribution in [1.29, 1.82) is 0 Å². The van der Waals surface area contributed by atoms with Gasteiger partial charge in [0, 0.05) is 28.6 Å². The van der Waals surface area contributed by atoms with Gasteiger partial charge in [0.25, 0.3) is 0 Å². The SMILES string of the molecule is CCC(C)C(=O)c1c[nH]c2ccc(F)cc12. The topological polar surface area (TPSA) is 32.9 Å². The molecule has 1 heterocycles. The van der Waals surface area contributed by atoms with Gasteiger partial charge in [0.1, 0.15) is 5.82 Å². The molecular weight excluding hydrogens is 205 g/mol. The lowest BCUT2D eigenvalue weighted by Crippen LogP contribution is -2.09. The number of carbonyl (C=O) groups excluding carboxylic acids is 1. The molecule has 1 N–H and O–H groups in total. The molecule has 0 fully saturated rings. The van der Waals surface area contributed by atoms with Crippen LogP contribution < -0.4 is 0 Å². The molecule has 1 aromatic carbocycles. The Bertz CT molecular complexity index is 530. The van der Waals surface area contributed by atoms with Crippen molar-refractivity contribution in [3.05, 3.63) is 35.8 Å². The van der Waals surface area contributed by atoms with Crippen LogP contribution in [0.15, 0.2) is 24.4 Å². The molecule has 2 rings (SSSR count). The fourth-order valence-corrected chi connectivity index (χ4v) is 1.75. The molecule has 0 aliphatic carbocycles. The average molecular weight is 219 g/mol. The number of aromatic nitrogens is 1. The zero-order chi connectivity index (χ0) is 11.7. The molecule has 0 saturated carbocycles. The highest BCUT2D eigenvalue weighted by atomic mass is 19.1. The first-order valence-corrected chi connectivity index (χ1v) is 5.44. The van der Waals surface area contributed by atoms with E-state index in [4.69, 9.17) is 0 Å². The van der Waals surface area contributed by atoms with Crippen LogP contribution in [0.1, 0.15) is 30.6 Å². The summed E-state index contributed by atoms with van der Waals surface area (Å²) in [5, 5.41) is 0.672. The Hall–Kier alpha value is -1.64. The molecule has 0 amide bonds. The summed E-state index contributed by atoms with van der Waals surface area (Å²) in [4.78, 5) is 15.0. The first-order chi connectivity index (χ1) is 7.63. The van der Waals surface area contributed by atoms with Gasteiger partial charge >= 0.3 is 0 Å². The molecule has 2 nitrogen and oxygen atoms in total. The van der Waals surface area contributed by atoms with Gasteiger partial charge in [0.2, 0.25) is 0 Å². The first kappa shape index (κ1) is 10.9. The molecule has 0 saturated heterocycles. The summed E-state index contributed by atoms with van der Waals surface area (Å²) < 4.78 is 13.1. The zero-order valence-electron chi connectivity index (χ0n) is 9.38. The normalized spacial score (nSPS) is 12.9. The molecule has 0 spiro atoms. The second-order valence-corrected chi connectivity index (χ2v) is 4.07. The van der Waals surface area contributed by atoms with Gasteiger partial charge in [-0.2, -0.15) is 0 Å². The van der Waals surface area contributed by atoms with Crippen molar-refractivity contribution in [3.8, 4) is 0 Å². The predicted octanol–water partition coefficient (Wildman–Crippen LogP) is 3.54. The van der Waals surface area contributed by atoms with Crippen LogP contribution >= 0.6 is 0 Å². The summed E-state index contributed by atoms with van der Waals surface area (Å²) in [5.74, 6) is -0.271. The van der Waals surface area contributed by atoms with E-state index in [-0.39, 0.29) is 17.5 Å². The van der Waals surface area contributed by atoms with Crippen LogP contribution in [0, 0.1) is 11.7 Å². The highest BCUT2D eigenvalue weighted by Gasteiger charge is 2.17. The Kier molecular flexibility index (Phi) is 2.77. The van der Waals surface area contributed by atoms with E-state index >= 15 is 0 Å². The molecular formula is C13H14FNO. The second-order valence-electron chi connectivity index (χ2n) is 4.07. The lowest BCUT2D eigenvalue weighted by molar-refractivity contribution is 0.0929. The third-order valence-electron chi connectivity index (χ3n) is 2.97. The van der Waals surface area contributed by atoms with Crippen molar-refractivity contribution in [2.45, 2.75) is 20.3 Å². The molecule has 0 aliphatic rings. The molecule has 0 bridgehead atoms. The number of hydrogen-bond donors (Lipinski definition) is 1. The predicted molar refractivity (Wildman–Crippen MR) is 62.0 cm³/mol. The highest BCUT2D eigenvalue weighted by Crippen LogP contribution is 2.22. The number of halogens is 1. The molecule has 0 radical (unpaired) electrons. The van der Waals surface area contributed by atoms with Crippen molar-refractivity contribution in [1.82, 2.24) is 4.98 Å². The standard InChI is InChI=1S/C13H14FNO/c1-3-8(2)13(16)11-7-15-12-5-4-9(14)6-10(11)12/h4-8,15H,3H2,1-2H3. The number of H-pyrrole nitrogens is 1. The van der Waals surface area contributed by atoms with Crippen LogP contribution in [0.25, 0.3) is 10.9 Å². The van der Waals surface area contributed by atoms with Gasteiger partial charge in [-0.1, -0.05) is 13.8 Å². The summed E-state index contributed by atoms with van der Waals surface area (Å²) in [6.45, 7) is 3.86. The first-order valence-electron chi connectivity index (χ1n) is 5.44. The minimum absolute atomic E-state index is 0.0257. The van der Waals surface area contributed by atoms with Crippen molar-refractivity contribution in [2.75, 3.05) is 0 Å². The number of Topliss-reactive ketones (excluding diaryl/α,β-unsaturated/α-hetero) is 1. The number of carbonyl (C=O) groups is 1. The average Bonchev–Trinajstić information content (AvgIpc) is 2.69. The number of rotatable bonds is 3. The lowest BCUT2D eigenvalue weighted by atomic mass is 9.97. The van der Waals surface area contributed by atoms with Gasteiger partial charge in [-0.25, -0.2) is 4.39 Å². The van der Waals surface area contributed by atoms with Crippen LogP contribution in [0.4, 0.5) is 4.39 Å². The zero-order valence-corrected chi connectivity index (χ0v) is 9.38. The summed E-state index contributed by atoms with van der Waals surface area (Å²) in [6, 6.07) is 4.44. The Morgan fingerprint density at radius 1 is 1.50 bits per heavy atom. The van der Waals surface area contributed by atoms with Gasteiger partial charge in [-0.05, 0) is 24.6 Å². The number of aromatic amines is 1. The van der Waals surface area contributed by atoms with E-state index < -0.39 is 0 Å². The highest BCUT2D eigenvalue weighted by molar-refractivity contribution is 6.08. The van der Waals surface area contributed by atoms with Gasteiger partial charge in [0.05, 0.1) is 0 Å². The number of ketones is 1. The minimum atomic E-state index is -0.315. The van der Waals surface area contributed by atoms with E-state index in [9.17, 15) is 9.18 Å². The van der Waals surface area contributed by atoms with E-state index in [2.05, 4.69) is 4.98 Å². The molecule has 1 aromatic heterocycles. The van der Waals surface area contributed by atoms with Crippen molar-refractivity contribution < 1.29 is 9.18 Å². The van der Waals surface area contributed by atoms with E-state index in [0.717, 1.165) is 11.9 Å². The fraction of sp³-hybridized carbons (Fsp3) is 0.308. The number of benzene rings is 1. The quantitative estimate of drug-likeness (QED) is 0.787. The smallest absolute Gasteiger partial charge is 0.167 e. The Balaban J connectivity index is 2.53. The Labute approximate surface area is 93.5 Å². The maximum atomic E-state index is 13.1. The monoisotopic (exact) mass is 219 g/mol. The lowest BCUT2D eigenvalue weighted by Gasteiger charge is -2.05. The van der Waals surface area contributed by atoms with Crippen LogP contribution in [-0.2, 0) is 0 Å². The molecule has 3 heteroatoms. The fourth-order valence-electron chi connectivity index (χ4n) is 1.75. The van der Waals surface area contributed by atoms with Gasteiger partial charge < -0.3 is 4.98 Å². The number of nitrogens with one attached hydrogen (secondary N) is 1. The molecule has 1 atom stereocenters. The molecule has 1 unspecified atom stereocenters. The maximum absolute atomic E-state index is 13.1. The Morgan fingerprint density at radius 3 is 2.94 bits per heavy atom. The van der Waals surface area contributed by atoms with E-state index in [1.54, 1.807) is 12.3 Å². The number of fused-ring (bicyclic) bond motifs is 1. The summed E-state index contributed by atoms with van der Waals surface area (Å²) in [7, 11) is 0.